The number of piperidine rings is 1. The third-order valence-electron chi connectivity index (χ3n) is 6.61. The first kappa shape index (κ1) is 25.9. The summed E-state index contributed by atoms with van der Waals surface area (Å²) < 4.78 is 35.7. The predicted octanol–water partition coefficient (Wildman–Crippen LogP) is 2.64. The van der Waals surface area contributed by atoms with E-state index in [1.54, 1.807) is 24.4 Å². The van der Waals surface area contributed by atoms with Gasteiger partial charge in [-0.05, 0) is 61.4 Å². The first-order chi connectivity index (χ1) is 18.4. The average molecular weight is 536 g/mol. The summed E-state index contributed by atoms with van der Waals surface area (Å²) in [5.74, 6) is 0.903. The number of benzene rings is 2. The third kappa shape index (κ3) is 6.20. The number of nitrogens with one attached hydrogen (secondary N) is 1. The Labute approximate surface area is 222 Å². The lowest BCUT2D eigenvalue weighted by Gasteiger charge is -2.30. The number of hydrogen-bond donors (Lipinski definition) is 2. The van der Waals surface area contributed by atoms with Crippen LogP contribution < -0.4 is 20.1 Å². The maximum Gasteiger partial charge on any atom is 0.276 e. The molecule has 2 aromatic carbocycles. The molecule has 0 radical (unpaired) electrons. The average Bonchev–Trinajstić information content (AvgIpc) is 2.94. The Morgan fingerprint density at radius 1 is 1.05 bits per heavy atom. The molecule has 2 aliphatic heterocycles. The van der Waals surface area contributed by atoms with E-state index in [2.05, 4.69) is 38.4 Å². The summed E-state index contributed by atoms with van der Waals surface area (Å²) in [6, 6.07) is 17.4. The first-order valence-corrected chi connectivity index (χ1v) is 13.9. The molecule has 0 amide bonds. The largest absolute Gasteiger partial charge is 0.489 e. The molecule has 2 aliphatic rings. The number of nitrogens with two attached hydrogens (primary N) is 1. The van der Waals surface area contributed by atoms with Crippen LogP contribution in [-0.4, -0.2) is 68.2 Å². The Balaban J connectivity index is 1.25. The van der Waals surface area contributed by atoms with E-state index in [-0.39, 0.29) is 19.2 Å². The van der Waals surface area contributed by atoms with Gasteiger partial charge in [0.2, 0.25) is 5.95 Å². The van der Waals surface area contributed by atoms with Gasteiger partial charge in [-0.15, -0.1) is 0 Å². The smallest absolute Gasteiger partial charge is 0.276 e. The highest BCUT2D eigenvalue weighted by atomic mass is 32.2. The Morgan fingerprint density at radius 2 is 1.79 bits per heavy atom. The summed E-state index contributed by atoms with van der Waals surface area (Å²) in [5, 5.41) is 18.2. The molecule has 3 N–H and O–H groups in total. The van der Waals surface area contributed by atoms with Crippen LogP contribution >= 0.6 is 0 Å². The van der Waals surface area contributed by atoms with Gasteiger partial charge in [-0.3, -0.25) is 0 Å². The Morgan fingerprint density at radius 3 is 2.47 bits per heavy atom. The summed E-state index contributed by atoms with van der Waals surface area (Å²) in [7, 11) is -3.70. The second kappa shape index (κ2) is 11.3. The highest BCUT2D eigenvalue weighted by molar-refractivity contribution is 7.86. The van der Waals surface area contributed by atoms with E-state index in [1.165, 1.54) is 4.31 Å². The monoisotopic (exact) mass is 535 g/mol. The van der Waals surface area contributed by atoms with Crippen LogP contribution in [0.4, 0.5) is 17.3 Å². The zero-order chi connectivity index (χ0) is 26.5. The van der Waals surface area contributed by atoms with E-state index in [0.717, 1.165) is 43.2 Å². The number of aromatic nitrogens is 2. The van der Waals surface area contributed by atoms with E-state index >= 15 is 0 Å². The lowest BCUT2D eigenvalue weighted by molar-refractivity contribution is 0.122. The van der Waals surface area contributed by atoms with Gasteiger partial charge in [-0.1, -0.05) is 0 Å². The minimum absolute atomic E-state index is 0.199. The van der Waals surface area contributed by atoms with Crippen molar-refractivity contribution in [2.24, 2.45) is 5.14 Å². The number of rotatable bonds is 7. The molecule has 0 saturated carbocycles. The van der Waals surface area contributed by atoms with E-state index in [9.17, 15) is 13.7 Å². The second-order valence-corrected chi connectivity index (χ2v) is 10.7. The quantitative estimate of drug-likeness (QED) is 0.466. The maximum absolute atomic E-state index is 11.5. The number of ether oxygens (including phenoxy) is 2. The van der Waals surface area contributed by atoms with Crippen molar-refractivity contribution in [1.29, 1.82) is 5.26 Å². The first-order valence-electron chi connectivity index (χ1n) is 12.4. The molecule has 198 valence electrons. The standard InChI is InChI=1S/C26H29N7O4S/c27-18-20-17-19(1-6-25(20)37-23-8-11-33(12-9-23)38(28,34)35)24-7-10-29-26(31-24)30-21-2-4-22(5-3-21)32-13-15-36-16-14-32/h1-7,10,17,23H,8-9,11-16H2,(H2,28,34,35)(H,29,30,31). The predicted molar refractivity (Wildman–Crippen MR) is 143 cm³/mol. The number of nitriles is 1. The number of hydrogen-bond acceptors (Lipinski definition) is 9. The van der Waals surface area contributed by atoms with Crippen LogP contribution in [0.3, 0.4) is 0 Å². The lowest BCUT2D eigenvalue weighted by Crippen LogP contribution is -2.44. The van der Waals surface area contributed by atoms with Crippen molar-refractivity contribution in [3.8, 4) is 23.1 Å². The van der Waals surface area contributed by atoms with Crippen molar-refractivity contribution in [2.45, 2.75) is 18.9 Å². The van der Waals surface area contributed by atoms with E-state index in [1.807, 2.05) is 18.2 Å². The van der Waals surface area contributed by atoms with Crippen molar-refractivity contribution >= 4 is 27.5 Å². The van der Waals surface area contributed by atoms with Crippen molar-refractivity contribution in [1.82, 2.24) is 14.3 Å². The lowest BCUT2D eigenvalue weighted by atomic mass is 10.1. The summed E-state index contributed by atoms with van der Waals surface area (Å²) in [5.41, 5.74) is 3.81. The molecule has 2 saturated heterocycles. The maximum atomic E-state index is 11.5. The van der Waals surface area contributed by atoms with Crippen molar-refractivity contribution in [2.75, 3.05) is 49.6 Å². The van der Waals surface area contributed by atoms with Crippen LogP contribution in [0.2, 0.25) is 0 Å². The minimum atomic E-state index is -3.70. The fourth-order valence-electron chi connectivity index (χ4n) is 4.55. The van der Waals surface area contributed by atoms with Gasteiger partial charge in [-0.2, -0.15) is 18.0 Å². The van der Waals surface area contributed by atoms with Gasteiger partial charge in [0.05, 0.1) is 24.5 Å². The summed E-state index contributed by atoms with van der Waals surface area (Å²) in [6.07, 6.45) is 2.47. The summed E-state index contributed by atoms with van der Waals surface area (Å²) in [6.45, 7) is 3.81. The Bertz CT molecular complexity index is 1410. The fourth-order valence-corrected chi connectivity index (χ4v) is 5.27. The van der Waals surface area contributed by atoms with Gasteiger partial charge in [0.1, 0.15) is 17.9 Å². The molecule has 2 fully saturated rings. The molecule has 0 bridgehead atoms. The van der Waals surface area contributed by atoms with Crippen LogP contribution in [0.5, 0.6) is 5.75 Å². The molecule has 0 unspecified atom stereocenters. The number of morpholine rings is 1. The molecule has 12 heteroatoms. The highest BCUT2D eigenvalue weighted by Gasteiger charge is 2.27. The van der Waals surface area contributed by atoms with Gasteiger partial charge in [0.15, 0.2) is 0 Å². The second-order valence-electron chi connectivity index (χ2n) is 9.12. The zero-order valence-corrected chi connectivity index (χ0v) is 21.6. The van der Waals surface area contributed by atoms with Gasteiger partial charge < -0.3 is 19.7 Å². The molecule has 38 heavy (non-hydrogen) atoms. The van der Waals surface area contributed by atoms with Gasteiger partial charge in [-0.25, -0.2) is 15.1 Å². The topological polar surface area (TPSA) is 147 Å². The normalized spacial score (nSPS) is 17.1. The Hall–Kier alpha value is -3.76. The molecule has 0 spiro atoms. The molecule has 11 nitrogen and oxygen atoms in total. The minimum Gasteiger partial charge on any atom is -0.489 e. The molecule has 3 aromatic rings. The zero-order valence-electron chi connectivity index (χ0n) is 20.8. The van der Waals surface area contributed by atoms with Crippen LogP contribution in [0.1, 0.15) is 18.4 Å². The molecule has 0 atom stereocenters. The fraction of sp³-hybridized carbons (Fsp3) is 0.346. The van der Waals surface area contributed by atoms with Crippen molar-refractivity contribution in [3.05, 3.63) is 60.3 Å². The summed E-state index contributed by atoms with van der Waals surface area (Å²) in [4.78, 5) is 11.3. The molecule has 5 rings (SSSR count). The van der Waals surface area contributed by atoms with Gasteiger partial charge >= 0.3 is 0 Å². The highest BCUT2D eigenvalue weighted by Crippen LogP contribution is 2.29. The van der Waals surface area contributed by atoms with Gasteiger partial charge in [0, 0.05) is 49.3 Å². The SMILES string of the molecule is N#Cc1cc(-c2ccnc(Nc3ccc(N4CCOCC4)cc3)n2)ccc1OC1CCN(S(N)(=O)=O)CC1. The van der Waals surface area contributed by atoms with Crippen LogP contribution in [-0.2, 0) is 14.9 Å². The molecular formula is C26H29N7O4S. The van der Waals surface area contributed by atoms with E-state index < -0.39 is 10.2 Å². The van der Waals surface area contributed by atoms with E-state index in [0.29, 0.717) is 35.8 Å². The molecule has 1 aromatic heterocycles. The van der Waals surface area contributed by atoms with Crippen molar-refractivity contribution < 1.29 is 17.9 Å². The molecular weight excluding hydrogens is 506 g/mol. The van der Waals surface area contributed by atoms with Crippen LogP contribution in [0.25, 0.3) is 11.3 Å². The van der Waals surface area contributed by atoms with E-state index in [4.69, 9.17) is 14.6 Å². The number of nitrogens with zero attached hydrogens (tertiary/aromatic N) is 5. The molecule has 0 aliphatic carbocycles. The number of anilines is 3. The van der Waals surface area contributed by atoms with Gasteiger partial charge in [0.25, 0.3) is 10.2 Å². The Kier molecular flexibility index (Phi) is 7.71. The van der Waals surface area contributed by atoms with Crippen molar-refractivity contribution in [3.63, 3.8) is 0 Å². The van der Waals surface area contributed by atoms with Crippen LogP contribution in [0, 0.1) is 11.3 Å². The van der Waals surface area contributed by atoms with Crippen LogP contribution in [0.15, 0.2) is 54.7 Å². The third-order valence-corrected chi connectivity index (χ3v) is 7.69. The summed E-state index contributed by atoms with van der Waals surface area (Å²) >= 11 is 0. The molecule has 3 heterocycles.